The van der Waals surface area contributed by atoms with Crippen LogP contribution in [0.5, 0.6) is 0 Å². The molecule has 0 spiro atoms. The van der Waals surface area contributed by atoms with E-state index in [0.717, 1.165) is 0 Å². The van der Waals surface area contributed by atoms with Crippen molar-refractivity contribution in [1.82, 2.24) is 19.6 Å². The topological polar surface area (TPSA) is 67.7 Å². The maximum absolute atomic E-state index is 14.6. The quantitative estimate of drug-likeness (QED) is 0.790. The summed E-state index contributed by atoms with van der Waals surface area (Å²) in [6.07, 6.45) is 0.121. The Morgan fingerprint density at radius 2 is 1.91 bits per heavy atom. The van der Waals surface area contributed by atoms with Gasteiger partial charge in [0, 0.05) is 27.2 Å². The molecule has 1 aromatic rings. The smallest absolute Gasteiger partial charge is 0.410 e. The number of carbonyl (C=O) groups is 2. The molecule has 0 saturated heterocycles. The lowest BCUT2D eigenvalue weighted by Crippen LogP contribution is -2.36. The minimum absolute atomic E-state index is 0.0362. The number of carbonyl (C=O) groups excluding carboxylic acids is 2. The van der Waals surface area contributed by atoms with E-state index >= 15 is 0 Å². The van der Waals surface area contributed by atoms with Crippen molar-refractivity contribution in [3.8, 4) is 0 Å². The summed E-state index contributed by atoms with van der Waals surface area (Å²) in [6.45, 7) is 6.28. The van der Waals surface area contributed by atoms with Gasteiger partial charge in [0.1, 0.15) is 5.60 Å². The van der Waals surface area contributed by atoms with Crippen molar-refractivity contribution in [2.24, 2.45) is 0 Å². The number of halogens is 1. The molecule has 128 valence electrons. The average Bonchev–Trinajstić information content (AvgIpc) is 2.61. The zero-order valence-corrected chi connectivity index (χ0v) is 14.2. The first kappa shape index (κ1) is 17.2. The van der Waals surface area contributed by atoms with E-state index in [-0.39, 0.29) is 17.9 Å². The van der Waals surface area contributed by atoms with Gasteiger partial charge in [-0.2, -0.15) is 5.10 Å². The second-order valence-corrected chi connectivity index (χ2v) is 6.79. The molecule has 23 heavy (non-hydrogen) atoms. The fourth-order valence-electron chi connectivity index (χ4n) is 2.31. The SMILES string of the molecule is CN(C)C(=O)c1nn2c(c1F)CN(C(=O)OC(C)(C)C)CCC2. The van der Waals surface area contributed by atoms with Gasteiger partial charge in [-0.1, -0.05) is 0 Å². The maximum Gasteiger partial charge on any atom is 0.410 e. The predicted octanol–water partition coefficient (Wildman–Crippen LogP) is 1.86. The van der Waals surface area contributed by atoms with E-state index in [1.807, 2.05) is 0 Å². The number of rotatable bonds is 1. The number of hydrogen-bond acceptors (Lipinski definition) is 4. The number of fused-ring (bicyclic) bond motifs is 1. The predicted molar refractivity (Wildman–Crippen MR) is 81.5 cm³/mol. The van der Waals surface area contributed by atoms with Gasteiger partial charge < -0.3 is 14.5 Å². The standard InChI is InChI=1S/C15H23FN4O3/c1-15(2,3)23-14(22)19-7-6-8-20-10(9-19)11(16)12(17-20)13(21)18(4)5/h6-9H2,1-5H3. The summed E-state index contributed by atoms with van der Waals surface area (Å²) in [7, 11) is 3.08. The maximum atomic E-state index is 14.6. The lowest BCUT2D eigenvalue weighted by molar-refractivity contribution is 0.0235. The van der Waals surface area contributed by atoms with Crippen molar-refractivity contribution in [1.29, 1.82) is 0 Å². The summed E-state index contributed by atoms with van der Waals surface area (Å²) in [6, 6.07) is 0. The van der Waals surface area contributed by atoms with Crippen LogP contribution in [-0.4, -0.2) is 57.8 Å². The lowest BCUT2D eigenvalue weighted by Gasteiger charge is -2.26. The molecule has 0 saturated carbocycles. The minimum Gasteiger partial charge on any atom is -0.444 e. The normalized spacial score (nSPS) is 15.0. The van der Waals surface area contributed by atoms with E-state index in [9.17, 15) is 14.0 Å². The third kappa shape index (κ3) is 3.80. The summed E-state index contributed by atoms with van der Waals surface area (Å²) in [5.74, 6) is -1.16. The van der Waals surface area contributed by atoms with Gasteiger partial charge in [-0.15, -0.1) is 0 Å². The summed E-state index contributed by atoms with van der Waals surface area (Å²) in [5.41, 5.74) is -0.594. The molecule has 0 aliphatic carbocycles. The number of aryl methyl sites for hydroxylation is 1. The van der Waals surface area contributed by atoms with Crippen LogP contribution in [0.2, 0.25) is 0 Å². The Labute approximate surface area is 135 Å². The van der Waals surface area contributed by atoms with E-state index in [0.29, 0.717) is 19.5 Å². The lowest BCUT2D eigenvalue weighted by atomic mass is 10.2. The van der Waals surface area contributed by atoms with Crippen LogP contribution < -0.4 is 0 Å². The molecular formula is C15H23FN4O3. The van der Waals surface area contributed by atoms with Crippen molar-refractivity contribution < 1.29 is 18.7 Å². The molecule has 0 fully saturated rings. The molecule has 0 unspecified atom stereocenters. The molecule has 0 radical (unpaired) electrons. The first-order chi connectivity index (χ1) is 10.6. The Hall–Kier alpha value is -2.12. The van der Waals surface area contributed by atoms with Crippen molar-refractivity contribution in [2.75, 3.05) is 20.6 Å². The van der Waals surface area contributed by atoms with Crippen LogP contribution in [0.25, 0.3) is 0 Å². The zero-order valence-electron chi connectivity index (χ0n) is 14.2. The molecule has 2 heterocycles. The fraction of sp³-hybridized carbons (Fsp3) is 0.667. The summed E-state index contributed by atoms with van der Waals surface area (Å²) >= 11 is 0. The van der Waals surface area contributed by atoms with Gasteiger partial charge in [-0.05, 0) is 27.2 Å². The van der Waals surface area contributed by atoms with Crippen LogP contribution in [0.1, 0.15) is 43.4 Å². The monoisotopic (exact) mass is 326 g/mol. The molecule has 0 bridgehead atoms. The van der Waals surface area contributed by atoms with Gasteiger partial charge in [0.2, 0.25) is 0 Å². The van der Waals surface area contributed by atoms with Crippen LogP contribution in [0.3, 0.4) is 0 Å². The Morgan fingerprint density at radius 1 is 1.26 bits per heavy atom. The molecule has 8 heteroatoms. The van der Waals surface area contributed by atoms with Gasteiger partial charge in [0.25, 0.3) is 5.91 Å². The molecule has 0 aromatic carbocycles. The van der Waals surface area contributed by atoms with E-state index in [4.69, 9.17) is 4.74 Å². The van der Waals surface area contributed by atoms with Crippen LogP contribution in [0, 0.1) is 5.82 Å². The van der Waals surface area contributed by atoms with Gasteiger partial charge >= 0.3 is 6.09 Å². The van der Waals surface area contributed by atoms with Crippen molar-refractivity contribution >= 4 is 12.0 Å². The zero-order chi connectivity index (χ0) is 17.4. The van der Waals surface area contributed by atoms with Gasteiger partial charge in [-0.25, -0.2) is 9.18 Å². The van der Waals surface area contributed by atoms with Crippen LogP contribution in [-0.2, 0) is 17.8 Å². The Bertz CT molecular complexity index is 619. The van der Waals surface area contributed by atoms with Crippen LogP contribution in [0.15, 0.2) is 0 Å². The van der Waals surface area contributed by atoms with E-state index in [2.05, 4.69) is 5.10 Å². The third-order valence-corrected chi connectivity index (χ3v) is 3.39. The first-order valence-corrected chi connectivity index (χ1v) is 7.55. The number of aromatic nitrogens is 2. The molecular weight excluding hydrogens is 303 g/mol. The van der Waals surface area contributed by atoms with Crippen molar-refractivity contribution in [2.45, 2.75) is 45.9 Å². The Morgan fingerprint density at radius 3 is 2.48 bits per heavy atom. The summed E-state index contributed by atoms with van der Waals surface area (Å²) in [5, 5.41) is 4.07. The van der Waals surface area contributed by atoms with E-state index in [1.165, 1.54) is 14.5 Å². The highest BCUT2D eigenvalue weighted by Crippen LogP contribution is 2.21. The molecule has 1 aliphatic rings. The van der Waals surface area contributed by atoms with E-state index in [1.54, 1.807) is 34.9 Å². The largest absolute Gasteiger partial charge is 0.444 e. The van der Waals surface area contributed by atoms with Crippen LogP contribution >= 0.6 is 0 Å². The molecule has 1 aliphatic heterocycles. The van der Waals surface area contributed by atoms with E-state index < -0.39 is 23.4 Å². The number of nitrogens with zero attached hydrogens (tertiary/aromatic N) is 4. The fourth-order valence-corrected chi connectivity index (χ4v) is 2.31. The number of amides is 2. The first-order valence-electron chi connectivity index (χ1n) is 7.55. The minimum atomic E-state index is -0.667. The Kier molecular flexibility index (Phi) is 4.63. The molecule has 2 amide bonds. The highest BCUT2D eigenvalue weighted by atomic mass is 19.1. The molecule has 1 aromatic heterocycles. The molecule has 7 nitrogen and oxygen atoms in total. The Balaban J connectivity index is 2.26. The number of hydrogen-bond donors (Lipinski definition) is 0. The second-order valence-electron chi connectivity index (χ2n) is 6.79. The van der Waals surface area contributed by atoms with Gasteiger partial charge in [0.15, 0.2) is 11.5 Å². The average molecular weight is 326 g/mol. The summed E-state index contributed by atoms with van der Waals surface area (Å²) in [4.78, 5) is 26.9. The molecule has 0 atom stereocenters. The molecule has 2 rings (SSSR count). The van der Waals surface area contributed by atoms with Crippen molar-refractivity contribution in [3.05, 3.63) is 17.2 Å². The van der Waals surface area contributed by atoms with Gasteiger partial charge in [-0.3, -0.25) is 9.48 Å². The van der Waals surface area contributed by atoms with Gasteiger partial charge in [0.05, 0.1) is 12.2 Å². The molecule has 0 N–H and O–H groups in total. The van der Waals surface area contributed by atoms with Crippen LogP contribution in [0.4, 0.5) is 9.18 Å². The highest BCUT2D eigenvalue weighted by molar-refractivity contribution is 5.92. The second kappa shape index (κ2) is 6.17. The number of ether oxygens (including phenoxy) is 1. The third-order valence-electron chi connectivity index (χ3n) is 3.39. The highest BCUT2D eigenvalue weighted by Gasteiger charge is 2.30. The summed E-state index contributed by atoms with van der Waals surface area (Å²) < 4.78 is 21.4. The van der Waals surface area contributed by atoms with Crippen molar-refractivity contribution in [3.63, 3.8) is 0 Å².